The molecule has 3 atom stereocenters. The maximum Gasteiger partial charge on any atom is 0.248 e. The molecule has 7 heteroatoms. The fourth-order valence-corrected chi connectivity index (χ4v) is 5.43. The summed E-state index contributed by atoms with van der Waals surface area (Å²) in [6.07, 6.45) is 3.66. The number of primary amides is 1. The number of carbonyl (C=O) groups excluding carboxylic acids is 1. The van der Waals surface area contributed by atoms with Crippen molar-refractivity contribution in [2.24, 2.45) is 23.5 Å². The molecule has 3 aliphatic rings. The predicted octanol–water partition coefficient (Wildman–Crippen LogP) is 3.10. The number of benzene rings is 1. The Balaban J connectivity index is 1.18. The molecule has 3 fully saturated rings. The third-order valence-electron chi connectivity index (χ3n) is 7.15. The van der Waals surface area contributed by atoms with Gasteiger partial charge in [0.05, 0.1) is 5.69 Å². The molecule has 0 radical (unpaired) electrons. The number of hydrogen-bond donors (Lipinski definition) is 2. The van der Waals surface area contributed by atoms with Crippen molar-refractivity contribution in [1.29, 1.82) is 0 Å². The molecule has 1 amide bonds. The number of nitrogens with zero attached hydrogens (tertiary/aromatic N) is 3. The maximum atomic E-state index is 11.6. The van der Waals surface area contributed by atoms with E-state index in [2.05, 4.69) is 20.4 Å². The van der Waals surface area contributed by atoms with Crippen LogP contribution < -0.4 is 11.1 Å². The van der Waals surface area contributed by atoms with Gasteiger partial charge in [-0.3, -0.25) is 4.79 Å². The Morgan fingerprint density at radius 2 is 1.94 bits per heavy atom. The summed E-state index contributed by atoms with van der Waals surface area (Å²) in [4.78, 5) is 13.7. The molecule has 1 unspecified atom stereocenters. The number of nitrogens with one attached hydrogen (secondary N) is 1. The highest BCUT2D eigenvalue weighted by atomic mass is 16.5. The van der Waals surface area contributed by atoms with E-state index >= 15 is 0 Å². The summed E-state index contributed by atoms with van der Waals surface area (Å²) in [5.74, 6) is 1.39. The fraction of sp³-hybridized carbons (Fsp3) is 0.560. The van der Waals surface area contributed by atoms with Crippen LogP contribution in [0, 0.1) is 24.7 Å². The van der Waals surface area contributed by atoms with Gasteiger partial charge in [0.25, 0.3) is 0 Å². The lowest BCUT2D eigenvalue weighted by molar-refractivity contribution is 0.0545. The van der Waals surface area contributed by atoms with Gasteiger partial charge in [-0.05, 0) is 74.1 Å². The predicted molar refractivity (Wildman–Crippen MR) is 124 cm³/mol. The lowest BCUT2D eigenvalue weighted by Gasteiger charge is -2.27. The van der Waals surface area contributed by atoms with E-state index in [1.165, 1.54) is 0 Å². The molecule has 1 aromatic heterocycles. The number of nitrogens with two attached hydrogens (primary N) is 1. The number of amides is 1. The number of ether oxygens (including phenoxy) is 1. The molecular weight excluding hydrogens is 402 g/mol. The summed E-state index contributed by atoms with van der Waals surface area (Å²) in [6, 6.07) is 9.71. The summed E-state index contributed by atoms with van der Waals surface area (Å²) in [5, 5.41) is 12.2. The van der Waals surface area contributed by atoms with Crippen molar-refractivity contribution in [3.63, 3.8) is 0 Å². The molecule has 1 aromatic carbocycles. The molecule has 0 bridgehead atoms. The molecule has 3 heterocycles. The van der Waals surface area contributed by atoms with Crippen molar-refractivity contribution in [3.05, 3.63) is 41.5 Å². The van der Waals surface area contributed by atoms with Crippen molar-refractivity contribution < 1.29 is 12.3 Å². The van der Waals surface area contributed by atoms with Crippen LogP contribution in [0.5, 0.6) is 0 Å². The van der Waals surface area contributed by atoms with Crippen LogP contribution in [0.2, 0.25) is 0 Å². The second-order valence-electron chi connectivity index (χ2n) is 9.45. The van der Waals surface area contributed by atoms with Gasteiger partial charge in [0.1, 0.15) is 5.82 Å². The van der Waals surface area contributed by atoms with E-state index in [1.54, 1.807) is 6.07 Å². The zero-order valence-electron chi connectivity index (χ0n) is 20.6. The summed E-state index contributed by atoms with van der Waals surface area (Å²) in [7, 11) is 0. The quantitative estimate of drug-likeness (QED) is 0.721. The third-order valence-corrected chi connectivity index (χ3v) is 7.15. The lowest BCUT2D eigenvalue weighted by Crippen LogP contribution is -2.32. The van der Waals surface area contributed by atoms with Crippen molar-refractivity contribution in [1.82, 2.24) is 15.1 Å². The Kier molecular flexibility index (Phi) is 5.44. The largest absolute Gasteiger partial charge is 0.381 e. The van der Waals surface area contributed by atoms with E-state index in [4.69, 9.17) is 13.2 Å². The van der Waals surface area contributed by atoms with Crippen molar-refractivity contribution in [3.8, 4) is 11.3 Å². The molecule has 1 aliphatic carbocycles. The molecule has 170 valence electrons. The number of aryl methyl sites for hydroxylation is 1. The number of fused-ring (bicyclic) bond motifs is 1. The molecule has 5 rings (SSSR count). The first-order valence-electron chi connectivity index (χ1n) is 12.6. The molecule has 2 aliphatic heterocycles. The highest BCUT2D eigenvalue weighted by Gasteiger charge is 2.41. The Morgan fingerprint density at radius 3 is 2.59 bits per heavy atom. The van der Waals surface area contributed by atoms with Gasteiger partial charge in [-0.15, -0.1) is 10.2 Å². The van der Waals surface area contributed by atoms with Crippen LogP contribution in [0.3, 0.4) is 0 Å². The number of carbonyl (C=O) groups is 1. The molecule has 2 aromatic rings. The Labute approximate surface area is 192 Å². The molecular formula is C25H33N5O2. The summed E-state index contributed by atoms with van der Waals surface area (Å²) >= 11 is 0. The van der Waals surface area contributed by atoms with E-state index in [9.17, 15) is 4.79 Å². The van der Waals surface area contributed by atoms with Crippen molar-refractivity contribution in [2.45, 2.75) is 38.6 Å². The smallest absolute Gasteiger partial charge is 0.248 e. The van der Waals surface area contributed by atoms with Crippen molar-refractivity contribution in [2.75, 3.05) is 38.1 Å². The van der Waals surface area contributed by atoms with Crippen LogP contribution in [-0.2, 0) is 4.74 Å². The van der Waals surface area contributed by atoms with E-state index < -0.39 is 12.4 Å². The molecule has 7 nitrogen and oxygen atoms in total. The Bertz CT molecular complexity index is 1030. The minimum absolute atomic E-state index is 0.0652. The zero-order valence-corrected chi connectivity index (χ0v) is 18.6. The second kappa shape index (κ2) is 9.16. The third kappa shape index (κ3) is 4.64. The van der Waals surface area contributed by atoms with Gasteiger partial charge < -0.3 is 20.7 Å². The van der Waals surface area contributed by atoms with Gasteiger partial charge in [-0.2, -0.15) is 0 Å². The van der Waals surface area contributed by atoms with Crippen LogP contribution in [0.25, 0.3) is 11.3 Å². The lowest BCUT2D eigenvalue weighted by atomic mass is 10.00. The van der Waals surface area contributed by atoms with Crippen LogP contribution >= 0.6 is 0 Å². The number of hydrogen-bond acceptors (Lipinski definition) is 6. The van der Waals surface area contributed by atoms with Gasteiger partial charge in [0.2, 0.25) is 5.91 Å². The monoisotopic (exact) mass is 437 g/mol. The number of rotatable bonds is 6. The number of anilines is 1. The zero-order chi connectivity index (χ0) is 23.9. The normalized spacial score (nSPS) is 27.6. The summed E-state index contributed by atoms with van der Waals surface area (Å²) < 4.78 is 22.9. The average molecular weight is 438 g/mol. The van der Waals surface area contributed by atoms with Gasteiger partial charge in [-0.25, -0.2) is 0 Å². The van der Waals surface area contributed by atoms with Crippen molar-refractivity contribution >= 4 is 11.7 Å². The van der Waals surface area contributed by atoms with E-state index in [-0.39, 0.29) is 5.92 Å². The first kappa shape index (κ1) is 19.0. The van der Waals surface area contributed by atoms with Crippen LogP contribution in [-0.4, -0.2) is 59.8 Å². The molecule has 32 heavy (non-hydrogen) atoms. The fourth-order valence-electron chi connectivity index (χ4n) is 5.43. The molecule has 2 saturated heterocycles. The summed E-state index contributed by atoms with van der Waals surface area (Å²) in [6.45, 7) is 3.61. The van der Waals surface area contributed by atoms with Gasteiger partial charge in [-0.1, -0.05) is 12.1 Å². The minimum atomic E-state index is -1.25. The Hall–Kier alpha value is -2.51. The van der Waals surface area contributed by atoms with Crippen LogP contribution in [0.4, 0.5) is 5.82 Å². The average Bonchev–Trinajstić information content (AvgIpc) is 3.40. The highest BCUT2D eigenvalue weighted by molar-refractivity contribution is 5.95. The van der Waals surface area contributed by atoms with E-state index in [0.717, 1.165) is 55.7 Å². The number of aromatic nitrogens is 2. The second-order valence-corrected chi connectivity index (χ2v) is 9.45. The number of likely N-dealkylation sites (tertiary alicyclic amines) is 1. The SMILES string of the molecule is [2H]C([2H])(C1CCOCC1)N1C[C@H]2CC(Nc3ccc(-c4ccc(C)c(C(N)=O)c4)nn3)C[C@H]2C1. The minimum Gasteiger partial charge on any atom is -0.381 e. The topological polar surface area (TPSA) is 93.4 Å². The molecule has 3 N–H and O–H groups in total. The highest BCUT2D eigenvalue weighted by Crippen LogP contribution is 2.39. The van der Waals surface area contributed by atoms with Gasteiger partial charge in [0.15, 0.2) is 0 Å². The molecule has 1 saturated carbocycles. The Morgan fingerprint density at radius 1 is 1.19 bits per heavy atom. The maximum absolute atomic E-state index is 11.6. The standard InChI is InChI=1S/C25H33N5O2/c1-16-2-3-18(12-22(16)25(26)31)23-4-5-24(29-28-23)27-21-10-19-14-30(15-20(19)11-21)13-17-6-8-32-9-7-17/h2-5,12,17,19-21H,6-11,13-15H2,1H3,(H2,26,31)(H,27,29)/t19-,20+,21?/i13D2. The van der Waals surface area contributed by atoms with Gasteiger partial charge in [0, 0.05) is 52.7 Å². The van der Waals surface area contributed by atoms with Crippen LogP contribution in [0.1, 0.15) is 44.3 Å². The van der Waals surface area contributed by atoms with E-state index in [1.807, 2.05) is 31.2 Å². The first-order chi connectivity index (χ1) is 16.3. The molecule has 0 spiro atoms. The first-order valence-corrected chi connectivity index (χ1v) is 11.6. The van der Waals surface area contributed by atoms with E-state index in [0.29, 0.717) is 42.3 Å². The summed E-state index contributed by atoms with van der Waals surface area (Å²) in [5.41, 5.74) is 8.32. The van der Waals surface area contributed by atoms with Gasteiger partial charge >= 0.3 is 0 Å². The van der Waals surface area contributed by atoms with Crippen LogP contribution in [0.15, 0.2) is 30.3 Å².